The Morgan fingerprint density at radius 3 is 1.78 bits per heavy atom. The van der Waals surface area contributed by atoms with Crippen molar-refractivity contribution in [2.24, 2.45) is 0 Å². The molecule has 2 aromatic carbocycles. The largest absolute Gasteiger partial charge is 0.481 e. The van der Waals surface area contributed by atoms with Crippen LogP contribution in [0.3, 0.4) is 0 Å². The summed E-state index contributed by atoms with van der Waals surface area (Å²) in [7, 11) is 0. The number of hydrogen-bond donors (Lipinski definition) is 2. The van der Waals surface area contributed by atoms with E-state index in [9.17, 15) is 14.4 Å². The second-order valence-corrected chi connectivity index (χ2v) is 11.7. The van der Waals surface area contributed by atoms with Crippen LogP contribution in [0, 0.1) is 0 Å². The lowest BCUT2D eigenvalue weighted by Gasteiger charge is -2.28. The molecule has 226 valence electrons. The monoisotopic (exact) mass is 564 g/mol. The zero-order chi connectivity index (χ0) is 29.3. The first-order chi connectivity index (χ1) is 20.0. The SMILES string of the molecule is CCCCCCCCCCCCCCCCCCNc1ccc2c3c(cccc13)C(=O)N(CCCCC(=O)O)C2=O. The van der Waals surface area contributed by atoms with E-state index in [2.05, 4.69) is 12.2 Å². The molecule has 0 saturated carbocycles. The highest BCUT2D eigenvalue weighted by Gasteiger charge is 2.32. The van der Waals surface area contributed by atoms with Gasteiger partial charge >= 0.3 is 5.97 Å². The molecule has 0 spiro atoms. The Morgan fingerprint density at radius 2 is 1.22 bits per heavy atom. The molecule has 0 fully saturated rings. The number of carboxylic acid groups (broad SMARTS) is 1. The van der Waals surface area contributed by atoms with Crippen molar-refractivity contribution in [3.8, 4) is 0 Å². The number of benzene rings is 2. The number of imide groups is 1. The van der Waals surface area contributed by atoms with Crippen LogP contribution in [0.2, 0.25) is 0 Å². The Balaban J connectivity index is 1.32. The summed E-state index contributed by atoms with van der Waals surface area (Å²) in [5.41, 5.74) is 2.05. The van der Waals surface area contributed by atoms with Crippen molar-refractivity contribution in [3.63, 3.8) is 0 Å². The van der Waals surface area contributed by atoms with Crippen LogP contribution in [0.15, 0.2) is 30.3 Å². The van der Waals surface area contributed by atoms with Gasteiger partial charge in [-0.05, 0) is 37.5 Å². The van der Waals surface area contributed by atoms with E-state index in [1.54, 1.807) is 6.07 Å². The maximum atomic E-state index is 13.1. The van der Waals surface area contributed by atoms with Crippen LogP contribution in [-0.4, -0.2) is 40.9 Å². The van der Waals surface area contributed by atoms with Gasteiger partial charge in [0, 0.05) is 47.1 Å². The first kappa shape index (κ1) is 32.6. The van der Waals surface area contributed by atoms with Crippen LogP contribution < -0.4 is 5.32 Å². The van der Waals surface area contributed by atoms with Gasteiger partial charge in [0.05, 0.1) is 0 Å². The number of amides is 2. The van der Waals surface area contributed by atoms with Crippen molar-refractivity contribution in [3.05, 3.63) is 41.5 Å². The summed E-state index contributed by atoms with van der Waals surface area (Å²) in [6, 6.07) is 9.40. The quantitative estimate of drug-likeness (QED) is 0.104. The van der Waals surface area contributed by atoms with Crippen LogP contribution >= 0.6 is 0 Å². The molecule has 0 aliphatic carbocycles. The highest BCUT2D eigenvalue weighted by atomic mass is 16.4. The lowest BCUT2D eigenvalue weighted by molar-refractivity contribution is -0.137. The van der Waals surface area contributed by atoms with Gasteiger partial charge in [-0.15, -0.1) is 0 Å². The Labute approximate surface area is 247 Å². The molecule has 3 rings (SSSR count). The maximum absolute atomic E-state index is 13.1. The van der Waals surface area contributed by atoms with E-state index in [0.717, 1.165) is 29.4 Å². The lowest BCUT2D eigenvalue weighted by atomic mass is 9.92. The first-order valence-electron chi connectivity index (χ1n) is 16.4. The van der Waals surface area contributed by atoms with E-state index in [1.807, 2.05) is 24.3 Å². The van der Waals surface area contributed by atoms with E-state index < -0.39 is 5.97 Å². The van der Waals surface area contributed by atoms with Crippen LogP contribution in [-0.2, 0) is 4.79 Å². The summed E-state index contributed by atoms with van der Waals surface area (Å²) in [4.78, 5) is 38.3. The number of carbonyl (C=O) groups excluding carboxylic acids is 2. The highest BCUT2D eigenvalue weighted by Crippen LogP contribution is 2.34. The average molecular weight is 565 g/mol. The number of aliphatic carboxylic acids is 1. The summed E-state index contributed by atoms with van der Waals surface area (Å²) >= 11 is 0. The third-order valence-electron chi connectivity index (χ3n) is 8.36. The van der Waals surface area contributed by atoms with E-state index in [0.29, 0.717) is 24.0 Å². The molecule has 2 amide bonds. The Kier molecular flexibility index (Phi) is 14.7. The molecule has 0 saturated heterocycles. The number of carbonyl (C=O) groups is 3. The fourth-order valence-corrected chi connectivity index (χ4v) is 5.95. The molecule has 2 N–H and O–H groups in total. The van der Waals surface area contributed by atoms with E-state index in [4.69, 9.17) is 5.11 Å². The second kappa shape index (κ2) is 18.5. The number of nitrogens with one attached hydrogen (secondary N) is 1. The third kappa shape index (κ3) is 10.5. The molecule has 1 aliphatic rings. The number of unbranched alkanes of at least 4 members (excludes halogenated alkanes) is 16. The predicted octanol–water partition coefficient (Wildman–Crippen LogP) is 9.36. The third-order valence-corrected chi connectivity index (χ3v) is 8.36. The molecule has 2 aromatic rings. The first-order valence-corrected chi connectivity index (χ1v) is 16.4. The minimum atomic E-state index is -0.865. The van der Waals surface area contributed by atoms with Gasteiger partial charge < -0.3 is 10.4 Å². The fourth-order valence-electron chi connectivity index (χ4n) is 5.95. The van der Waals surface area contributed by atoms with Gasteiger partial charge in [0.1, 0.15) is 0 Å². The summed E-state index contributed by atoms with van der Waals surface area (Å²) in [6.07, 6.45) is 22.6. The molecular formula is C35H52N2O4. The molecule has 6 nitrogen and oxygen atoms in total. The van der Waals surface area contributed by atoms with Crippen LogP contribution in [0.4, 0.5) is 5.69 Å². The van der Waals surface area contributed by atoms with Crippen LogP contribution in [0.25, 0.3) is 10.8 Å². The van der Waals surface area contributed by atoms with Crippen molar-refractivity contribution >= 4 is 34.2 Å². The number of carboxylic acids is 1. The van der Waals surface area contributed by atoms with Gasteiger partial charge in [0.25, 0.3) is 11.8 Å². The lowest BCUT2D eigenvalue weighted by Crippen LogP contribution is -2.40. The summed E-state index contributed by atoms with van der Waals surface area (Å²) < 4.78 is 0. The van der Waals surface area contributed by atoms with Crippen molar-refractivity contribution < 1.29 is 19.5 Å². The molecular weight excluding hydrogens is 512 g/mol. The molecule has 0 unspecified atom stereocenters. The van der Waals surface area contributed by atoms with Crippen LogP contribution in [0.1, 0.15) is 150 Å². The summed E-state index contributed by atoms with van der Waals surface area (Å²) in [5, 5.41) is 14.0. The molecule has 0 bridgehead atoms. The topological polar surface area (TPSA) is 86.7 Å². The maximum Gasteiger partial charge on any atom is 0.303 e. The Morgan fingerprint density at radius 1 is 0.683 bits per heavy atom. The van der Waals surface area contributed by atoms with E-state index >= 15 is 0 Å². The van der Waals surface area contributed by atoms with Gasteiger partial charge in [0.2, 0.25) is 0 Å². The predicted molar refractivity (Wildman–Crippen MR) is 169 cm³/mol. The molecule has 0 radical (unpaired) electrons. The molecule has 1 heterocycles. The van der Waals surface area contributed by atoms with E-state index in [1.165, 1.54) is 101 Å². The molecule has 6 heteroatoms. The van der Waals surface area contributed by atoms with Crippen molar-refractivity contribution in [1.82, 2.24) is 4.90 Å². The average Bonchev–Trinajstić information content (AvgIpc) is 2.97. The molecule has 41 heavy (non-hydrogen) atoms. The molecule has 1 aliphatic heterocycles. The summed E-state index contributed by atoms with van der Waals surface area (Å²) in [5.74, 6) is -1.45. The fraction of sp³-hybridized carbons (Fsp3) is 0.629. The minimum absolute atomic E-state index is 0.0385. The number of anilines is 1. The van der Waals surface area contributed by atoms with Gasteiger partial charge in [-0.25, -0.2) is 0 Å². The second-order valence-electron chi connectivity index (χ2n) is 11.7. The van der Waals surface area contributed by atoms with E-state index in [-0.39, 0.29) is 24.8 Å². The van der Waals surface area contributed by atoms with Crippen molar-refractivity contribution in [2.45, 2.75) is 129 Å². The molecule has 0 atom stereocenters. The minimum Gasteiger partial charge on any atom is -0.481 e. The normalized spacial score (nSPS) is 12.9. The Hall–Kier alpha value is -2.89. The van der Waals surface area contributed by atoms with Crippen molar-refractivity contribution in [2.75, 3.05) is 18.4 Å². The molecule has 0 aromatic heterocycles. The highest BCUT2D eigenvalue weighted by molar-refractivity contribution is 6.26. The van der Waals surface area contributed by atoms with Gasteiger partial charge in [-0.1, -0.05) is 115 Å². The number of rotatable bonds is 23. The zero-order valence-corrected chi connectivity index (χ0v) is 25.4. The van der Waals surface area contributed by atoms with Gasteiger partial charge in [-0.3, -0.25) is 19.3 Å². The van der Waals surface area contributed by atoms with Gasteiger partial charge in [-0.2, -0.15) is 0 Å². The zero-order valence-electron chi connectivity index (χ0n) is 25.4. The summed E-state index contributed by atoms with van der Waals surface area (Å²) in [6.45, 7) is 3.38. The van der Waals surface area contributed by atoms with Crippen molar-refractivity contribution in [1.29, 1.82) is 0 Å². The van der Waals surface area contributed by atoms with Crippen LogP contribution in [0.5, 0.6) is 0 Å². The number of nitrogens with zero attached hydrogens (tertiary/aromatic N) is 1. The standard InChI is InChI=1S/C35H52N2O4/c1-2-3-4-5-6-7-8-9-10-11-12-13-14-15-16-18-26-36-31-25-24-30-33-28(31)21-20-22-29(33)34(40)37(35(30)41)27-19-17-23-32(38)39/h20-22,24-25,36H,2-19,23,26-27H2,1H3,(H,38,39). The Bertz CT molecular complexity index is 1090. The number of hydrogen-bond acceptors (Lipinski definition) is 4. The smallest absolute Gasteiger partial charge is 0.303 e. The van der Waals surface area contributed by atoms with Gasteiger partial charge in [0.15, 0.2) is 0 Å².